The molecule has 0 radical (unpaired) electrons. The average Bonchev–Trinajstić information content (AvgIpc) is 2.36. The highest BCUT2D eigenvalue weighted by Crippen LogP contribution is 2.23. The topological polar surface area (TPSA) is 0 Å². The van der Waals surface area contributed by atoms with Crippen LogP contribution in [0.15, 0.2) is 16.8 Å². The number of hydrogen-bond donors (Lipinski definition) is 0. The predicted octanol–water partition coefficient (Wildman–Crippen LogP) is 4.03. The van der Waals surface area contributed by atoms with Gasteiger partial charge in [-0.3, -0.25) is 0 Å². The second-order valence-corrected chi connectivity index (χ2v) is 5.95. The minimum Gasteiger partial charge on any atom is -0.157 e. The summed E-state index contributed by atoms with van der Waals surface area (Å²) >= 11 is 3.81. The van der Waals surface area contributed by atoms with Gasteiger partial charge in [0.1, 0.15) is 0 Å². The molecule has 0 bridgehead atoms. The van der Waals surface area contributed by atoms with E-state index in [4.69, 9.17) is 0 Å². The molecule has 0 atom stereocenters. The van der Waals surface area contributed by atoms with Crippen molar-refractivity contribution in [2.75, 3.05) is 5.75 Å². The SMILES string of the molecule is CC(C)(C)CSCc1ccsc1. The summed E-state index contributed by atoms with van der Waals surface area (Å²) in [5.74, 6) is 2.41. The molecule has 1 rings (SSSR count). The van der Waals surface area contributed by atoms with Crippen molar-refractivity contribution < 1.29 is 0 Å². The van der Waals surface area contributed by atoms with Crippen LogP contribution in [0.4, 0.5) is 0 Å². The number of hydrogen-bond acceptors (Lipinski definition) is 2. The fraction of sp³-hybridized carbons (Fsp3) is 0.600. The van der Waals surface area contributed by atoms with E-state index in [1.807, 2.05) is 11.8 Å². The number of thioether (sulfide) groups is 1. The van der Waals surface area contributed by atoms with Gasteiger partial charge in [0, 0.05) is 5.75 Å². The van der Waals surface area contributed by atoms with E-state index < -0.39 is 0 Å². The van der Waals surface area contributed by atoms with E-state index in [1.165, 1.54) is 17.1 Å². The number of rotatable bonds is 3. The lowest BCUT2D eigenvalue weighted by atomic mass is 10.0. The van der Waals surface area contributed by atoms with Crippen LogP contribution in [-0.4, -0.2) is 5.75 Å². The van der Waals surface area contributed by atoms with Gasteiger partial charge >= 0.3 is 0 Å². The summed E-state index contributed by atoms with van der Waals surface area (Å²) in [5, 5.41) is 4.38. The molecule has 2 heteroatoms. The lowest BCUT2D eigenvalue weighted by molar-refractivity contribution is 0.481. The lowest BCUT2D eigenvalue weighted by Gasteiger charge is -2.16. The molecule has 0 aliphatic heterocycles. The van der Waals surface area contributed by atoms with Gasteiger partial charge in [-0.05, 0) is 33.6 Å². The van der Waals surface area contributed by atoms with E-state index in [0.717, 1.165) is 0 Å². The first-order valence-corrected chi connectivity index (χ1v) is 6.26. The molecule has 1 aromatic rings. The average molecular weight is 200 g/mol. The van der Waals surface area contributed by atoms with Crippen molar-refractivity contribution in [3.8, 4) is 0 Å². The molecule has 0 saturated carbocycles. The maximum atomic E-state index is 2.29. The molecule has 0 aromatic carbocycles. The fourth-order valence-corrected chi connectivity index (χ4v) is 2.75. The van der Waals surface area contributed by atoms with Crippen molar-refractivity contribution in [1.29, 1.82) is 0 Å². The highest BCUT2D eigenvalue weighted by Gasteiger charge is 2.09. The van der Waals surface area contributed by atoms with Gasteiger partial charge in [0.25, 0.3) is 0 Å². The van der Waals surface area contributed by atoms with Crippen molar-refractivity contribution in [2.45, 2.75) is 26.5 Å². The molecule has 0 aliphatic rings. The minimum atomic E-state index is 0.459. The quantitative estimate of drug-likeness (QED) is 0.710. The maximum Gasteiger partial charge on any atom is 0.0193 e. The van der Waals surface area contributed by atoms with Crippen molar-refractivity contribution in [2.24, 2.45) is 5.41 Å². The Morgan fingerprint density at radius 3 is 2.67 bits per heavy atom. The standard InChI is InChI=1S/C10H16S2/c1-10(2,3)8-12-7-9-4-5-11-6-9/h4-6H,7-8H2,1-3H3. The van der Waals surface area contributed by atoms with Crippen LogP contribution in [0, 0.1) is 5.41 Å². The summed E-state index contributed by atoms with van der Waals surface area (Å²) in [6.45, 7) is 6.86. The molecule has 0 unspecified atom stereocenters. The Labute approximate surface area is 83.4 Å². The zero-order valence-corrected chi connectivity index (χ0v) is 9.60. The third-order valence-corrected chi connectivity index (χ3v) is 3.72. The number of thiophene rings is 1. The molecule has 68 valence electrons. The van der Waals surface area contributed by atoms with Gasteiger partial charge < -0.3 is 0 Å². The molecular weight excluding hydrogens is 184 g/mol. The highest BCUT2D eigenvalue weighted by molar-refractivity contribution is 7.98. The Kier molecular flexibility index (Phi) is 3.66. The van der Waals surface area contributed by atoms with Crippen molar-refractivity contribution in [3.63, 3.8) is 0 Å². The largest absolute Gasteiger partial charge is 0.157 e. The Hall–Kier alpha value is 0.0500. The molecule has 0 aliphatic carbocycles. The van der Waals surface area contributed by atoms with E-state index in [0.29, 0.717) is 5.41 Å². The molecule has 0 amide bonds. The van der Waals surface area contributed by atoms with Crippen LogP contribution in [0.5, 0.6) is 0 Å². The van der Waals surface area contributed by atoms with Gasteiger partial charge in [-0.2, -0.15) is 23.1 Å². The van der Waals surface area contributed by atoms with Crippen LogP contribution in [0.25, 0.3) is 0 Å². The van der Waals surface area contributed by atoms with Gasteiger partial charge in [0.2, 0.25) is 0 Å². The fourth-order valence-electron chi connectivity index (χ4n) is 0.850. The third-order valence-electron chi connectivity index (χ3n) is 1.38. The summed E-state index contributed by atoms with van der Waals surface area (Å²) in [4.78, 5) is 0. The highest BCUT2D eigenvalue weighted by atomic mass is 32.2. The van der Waals surface area contributed by atoms with Gasteiger partial charge in [-0.25, -0.2) is 0 Å². The Morgan fingerprint density at radius 2 is 2.17 bits per heavy atom. The Morgan fingerprint density at radius 1 is 1.42 bits per heavy atom. The summed E-state index contributed by atoms with van der Waals surface area (Å²) < 4.78 is 0. The first kappa shape index (κ1) is 10.1. The molecule has 0 saturated heterocycles. The zero-order valence-electron chi connectivity index (χ0n) is 7.96. The zero-order chi connectivity index (χ0) is 9.03. The molecular formula is C10H16S2. The van der Waals surface area contributed by atoms with Gasteiger partial charge in [-0.1, -0.05) is 20.8 Å². The van der Waals surface area contributed by atoms with Crippen molar-refractivity contribution in [3.05, 3.63) is 22.4 Å². The van der Waals surface area contributed by atoms with Crippen LogP contribution in [0.1, 0.15) is 26.3 Å². The van der Waals surface area contributed by atoms with Gasteiger partial charge in [0.15, 0.2) is 0 Å². The first-order valence-electron chi connectivity index (χ1n) is 4.17. The molecule has 0 N–H and O–H groups in total. The van der Waals surface area contributed by atoms with E-state index in [2.05, 4.69) is 37.6 Å². The van der Waals surface area contributed by atoms with Crippen LogP contribution in [0.3, 0.4) is 0 Å². The van der Waals surface area contributed by atoms with E-state index in [9.17, 15) is 0 Å². The minimum absolute atomic E-state index is 0.459. The van der Waals surface area contributed by atoms with E-state index >= 15 is 0 Å². The van der Waals surface area contributed by atoms with E-state index in [-0.39, 0.29) is 0 Å². The van der Waals surface area contributed by atoms with Crippen LogP contribution in [-0.2, 0) is 5.75 Å². The smallest absolute Gasteiger partial charge is 0.0193 e. The van der Waals surface area contributed by atoms with Gasteiger partial charge in [0.05, 0.1) is 0 Å². The molecule has 1 aromatic heterocycles. The van der Waals surface area contributed by atoms with Crippen molar-refractivity contribution >= 4 is 23.1 Å². The predicted molar refractivity (Wildman–Crippen MR) is 59.9 cm³/mol. The summed E-state index contributed by atoms with van der Waals surface area (Å²) in [5.41, 5.74) is 1.93. The molecule has 0 fully saturated rings. The second kappa shape index (κ2) is 4.33. The molecule has 1 heterocycles. The van der Waals surface area contributed by atoms with E-state index in [1.54, 1.807) is 11.3 Å². The molecule has 0 nitrogen and oxygen atoms in total. The third kappa shape index (κ3) is 4.17. The Bertz CT molecular complexity index is 206. The summed E-state index contributed by atoms with van der Waals surface area (Å²) in [6, 6.07) is 2.21. The van der Waals surface area contributed by atoms with Crippen LogP contribution < -0.4 is 0 Å². The first-order chi connectivity index (χ1) is 5.58. The van der Waals surface area contributed by atoms with Crippen molar-refractivity contribution in [1.82, 2.24) is 0 Å². The second-order valence-electron chi connectivity index (χ2n) is 4.19. The summed E-state index contributed by atoms with van der Waals surface area (Å²) in [7, 11) is 0. The Balaban J connectivity index is 2.20. The monoisotopic (exact) mass is 200 g/mol. The van der Waals surface area contributed by atoms with Gasteiger partial charge in [-0.15, -0.1) is 0 Å². The maximum absolute atomic E-state index is 2.29. The lowest BCUT2D eigenvalue weighted by Crippen LogP contribution is -2.08. The molecule has 0 spiro atoms. The summed E-state index contributed by atoms with van der Waals surface area (Å²) in [6.07, 6.45) is 0. The molecule has 12 heavy (non-hydrogen) atoms. The van der Waals surface area contributed by atoms with Crippen LogP contribution in [0.2, 0.25) is 0 Å². The normalized spacial score (nSPS) is 11.9. The van der Waals surface area contributed by atoms with Crippen LogP contribution >= 0.6 is 23.1 Å².